The molecular weight excluding hydrogens is 550 g/mol. The second-order valence-corrected chi connectivity index (χ2v) is 11.7. The summed E-state index contributed by atoms with van der Waals surface area (Å²) in [5, 5.41) is 13.0. The van der Waals surface area contributed by atoms with Gasteiger partial charge in [0.15, 0.2) is 0 Å². The number of carbonyl (C=O) groups excluding carboxylic acids is 1. The van der Waals surface area contributed by atoms with Crippen LogP contribution in [0, 0.1) is 36.8 Å². The third-order valence-electron chi connectivity index (χ3n) is 9.16. The van der Waals surface area contributed by atoms with Crippen molar-refractivity contribution in [2.75, 3.05) is 13.1 Å². The van der Waals surface area contributed by atoms with E-state index in [4.69, 9.17) is 8.83 Å². The number of benzene rings is 2. The standard InChI is InChI=1S/C33H29N3O7/c1-17-23-12-25-29(21-7-5-4-6-8-21)19(3)42-31(25)18(2)30(23)43-33(39)24(17)13-28(37)34-14-20-11-22(16-34)26-9-10-27(36(40)41)32(38)35(26)15-20/h4-10,12,20,22H,11,13-16H2,1-3H3/t20-,22-/m0/s1. The lowest BCUT2D eigenvalue weighted by Crippen LogP contribution is -2.49. The van der Waals surface area contributed by atoms with Crippen molar-refractivity contribution in [3.8, 4) is 11.1 Å². The number of amides is 1. The minimum absolute atomic E-state index is 0.0133. The Kier molecular flexibility index (Phi) is 6.12. The van der Waals surface area contributed by atoms with Crippen molar-refractivity contribution >= 4 is 33.5 Å². The van der Waals surface area contributed by atoms with Crippen molar-refractivity contribution in [1.29, 1.82) is 0 Å². The van der Waals surface area contributed by atoms with Crippen LogP contribution in [0.2, 0.25) is 0 Å². The van der Waals surface area contributed by atoms with Gasteiger partial charge in [0.1, 0.15) is 16.9 Å². The topological polar surface area (TPSA) is 129 Å². The molecule has 2 aliphatic rings. The normalized spacial score (nSPS) is 17.8. The van der Waals surface area contributed by atoms with E-state index in [9.17, 15) is 24.5 Å². The van der Waals surface area contributed by atoms with E-state index in [0.717, 1.165) is 39.6 Å². The summed E-state index contributed by atoms with van der Waals surface area (Å²) in [6.07, 6.45) is 0.685. The number of hydrogen-bond acceptors (Lipinski definition) is 7. The summed E-state index contributed by atoms with van der Waals surface area (Å²) in [5.74, 6) is 0.449. The lowest BCUT2D eigenvalue weighted by Gasteiger charge is -2.42. The number of fused-ring (bicyclic) bond motifs is 6. The van der Waals surface area contributed by atoms with Gasteiger partial charge in [-0.2, -0.15) is 0 Å². The molecule has 2 aliphatic heterocycles. The maximum absolute atomic E-state index is 13.7. The third-order valence-corrected chi connectivity index (χ3v) is 9.16. The van der Waals surface area contributed by atoms with Crippen LogP contribution < -0.4 is 11.2 Å². The molecule has 0 unspecified atom stereocenters. The summed E-state index contributed by atoms with van der Waals surface area (Å²) in [7, 11) is 0. The monoisotopic (exact) mass is 579 g/mol. The summed E-state index contributed by atoms with van der Waals surface area (Å²) < 4.78 is 13.5. The van der Waals surface area contributed by atoms with E-state index in [2.05, 4.69) is 0 Å². The summed E-state index contributed by atoms with van der Waals surface area (Å²) in [6.45, 7) is 6.75. The Morgan fingerprint density at radius 1 is 0.953 bits per heavy atom. The van der Waals surface area contributed by atoms with Crippen molar-refractivity contribution in [3.63, 3.8) is 0 Å². The molecule has 1 saturated heterocycles. The minimum Gasteiger partial charge on any atom is -0.460 e. The molecule has 0 aliphatic carbocycles. The first-order chi connectivity index (χ1) is 20.6. The second kappa shape index (κ2) is 9.79. The van der Waals surface area contributed by atoms with Crippen LogP contribution in [-0.4, -0.2) is 33.4 Å². The summed E-state index contributed by atoms with van der Waals surface area (Å²) in [5.41, 5.74) is 3.98. The highest BCUT2D eigenvalue weighted by atomic mass is 16.6. The largest absolute Gasteiger partial charge is 0.460 e. The maximum atomic E-state index is 13.7. The molecule has 0 spiro atoms. The molecule has 7 rings (SSSR count). The predicted octanol–water partition coefficient (Wildman–Crippen LogP) is 5.39. The van der Waals surface area contributed by atoms with Crippen molar-refractivity contribution < 1.29 is 18.6 Å². The van der Waals surface area contributed by atoms with Crippen LogP contribution in [-0.2, 0) is 17.8 Å². The molecule has 0 N–H and O–H groups in total. The first-order valence-corrected chi connectivity index (χ1v) is 14.3. The van der Waals surface area contributed by atoms with Crippen molar-refractivity contribution in [2.24, 2.45) is 5.92 Å². The Labute approximate surface area is 245 Å². The van der Waals surface area contributed by atoms with E-state index in [1.807, 2.05) is 57.2 Å². The number of furan rings is 1. The van der Waals surface area contributed by atoms with Crippen molar-refractivity contribution in [3.05, 3.63) is 108 Å². The zero-order valence-corrected chi connectivity index (χ0v) is 24.0. The number of pyridine rings is 1. The van der Waals surface area contributed by atoms with E-state index in [0.29, 0.717) is 47.6 Å². The molecule has 1 fully saturated rings. The Morgan fingerprint density at radius 3 is 2.44 bits per heavy atom. The van der Waals surface area contributed by atoms with Crippen LogP contribution in [0.1, 0.15) is 40.5 Å². The zero-order valence-electron chi connectivity index (χ0n) is 24.0. The van der Waals surface area contributed by atoms with Crippen LogP contribution in [0.25, 0.3) is 33.1 Å². The Morgan fingerprint density at radius 2 is 1.70 bits per heavy atom. The molecule has 5 heterocycles. The van der Waals surface area contributed by atoms with Gasteiger partial charge in [0.25, 0.3) is 0 Å². The molecule has 10 heteroatoms. The average molecular weight is 580 g/mol. The Bertz CT molecular complexity index is 2110. The van der Waals surface area contributed by atoms with E-state index < -0.39 is 21.8 Å². The number of rotatable bonds is 4. The molecule has 0 saturated carbocycles. The molecule has 10 nitrogen and oxygen atoms in total. The van der Waals surface area contributed by atoms with Crippen LogP contribution in [0.4, 0.5) is 5.69 Å². The van der Waals surface area contributed by atoms with Gasteiger partial charge in [0.2, 0.25) is 5.91 Å². The fourth-order valence-electron chi connectivity index (χ4n) is 7.08. The van der Waals surface area contributed by atoms with Gasteiger partial charge >= 0.3 is 16.9 Å². The lowest BCUT2D eigenvalue weighted by molar-refractivity contribution is -0.386. The molecule has 0 radical (unpaired) electrons. The number of nitrogens with zero attached hydrogens (tertiary/aromatic N) is 3. The summed E-state index contributed by atoms with van der Waals surface area (Å²) >= 11 is 0. The van der Waals surface area contributed by atoms with Gasteiger partial charge in [-0.15, -0.1) is 0 Å². The first kappa shape index (κ1) is 26.9. The second-order valence-electron chi connectivity index (χ2n) is 11.7. The highest BCUT2D eigenvalue weighted by Gasteiger charge is 2.38. The molecule has 43 heavy (non-hydrogen) atoms. The summed E-state index contributed by atoms with van der Waals surface area (Å²) in [6, 6.07) is 14.8. The van der Waals surface area contributed by atoms with Crippen molar-refractivity contribution in [2.45, 2.75) is 46.1 Å². The first-order valence-electron chi connectivity index (χ1n) is 14.3. The predicted molar refractivity (Wildman–Crippen MR) is 160 cm³/mol. The van der Waals surface area contributed by atoms with E-state index >= 15 is 0 Å². The number of aryl methyl sites for hydroxylation is 3. The number of hydrogen-bond donors (Lipinski definition) is 0. The van der Waals surface area contributed by atoms with Gasteiger partial charge < -0.3 is 18.3 Å². The zero-order chi connectivity index (χ0) is 30.2. The SMILES string of the molecule is Cc1oc2c(C)c3oc(=O)c(CC(=O)N4C[C@@H]5C[C@@H](C4)c4ccc([N+](=O)[O-])c(=O)n4C5)c(C)c3cc2c1-c1ccccc1. The third kappa shape index (κ3) is 4.19. The number of piperidine rings is 1. The molecule has 1 amide bonds. The fraction of sp³-hybridized carbons (Fsp3) is 0.303. The van der Waals surface area contributed by atoms with Gasteiger partial charge in [0, 0.05) is 59.2 Å². The number of likely N-dealkylation sites (tertiary alicyclic amines) is 1. The number of carbonyl (C=O) groups is 1. The quantitative estimate of drug-likeness (QED) is 0.159. The van der Waals surface area contributed by atoms with E-state index in [1.54, 1.807) is 11.0 Å². The summed E-state index contributed by atoms with van der Waals surface area (Å²) in [4.78, 5) is 52.0. The molecule has 2 bridgehead atoms. The van der Waals surface area contributed by atoms with Crippen LogP contribution in [0.5, 0.6) is 0 Å². The van der Waals surface area contributed by atoms with Gasteiger partial charge in [-0.1, -0.05) is 30.3 Å². The van der Waals surface area contributed by atoms with Crippen LogP contribution >= 0.6 is 0 Å². The number of nitro groups is 1. The molecule has 218 valence electrons. The molecule has 5 aromatic rings. The molecule has 3 aromatic heterocycles. The van der Waals surface area contributed by atoms with Gasteiger partial charge in [-0.3, -0.25) is 19.7 Å². The Balaban J connectivity index is 1.23. The van der Waals surface area contributed by atoms with Gasteiger partial charge in [-0.05, 0) is 56.4 Å². The smallest absolute Gasteiger partial charge is 0.340 e. The lowest BCUT2D eigenvalue weighted by atomic mass is 9.83. The Hall–Kier alpha value is -4.99. The van der Waals surface area contributed by atoms with Crippen molar-refractivity contribution in [1.82, 2.24) is 9.47 Å². The van der Waals surface area contributed by atoms with Gasteiger partial charge in [0.05, 0.1) is 16.9 Å². The maximum Gasteiger partial charge on any atom is 0.340 e. The fourth-order valence-corrected chi connectivity index (χ4v) is 7.08. The number of aromatic nitrogens is 1. The highest BCUT2D eigenvalue weighted by Crippen LogP contribution is 2.40. The highest BCUT2D eigenvalue weighted by molar-refractivity contribution is 6.06. The van der Waals surface area contributed by atoms with Crippen LogP contribution in [0.3, 0.4) is 0 Å². The average Bonchev–Trinajstić information content (AvgIpc) is 3.32. The van der Waals surface area contributed by atoms with Gasteiger partial charge in [-0.25, -0.2) is 4.79 Å². The minimum atomic E-state index is -0.657. The van der Waals surface area contributed by atoms with Crippen LogP contribution in [0.15, 0.2) is 67.0 Å². The molecule has 2 aromatic carbocycles. The van der Waals surface area contributed by atoms with E-state index in [-0.39, 0.29) is 24.2 Å². The molecular formula is C33H29N3O7. The van der Waals surface area contributed by atoms with E-state index in [1.165, 1.54) is 10.6 Å². The molecule has 2 atom stereocenters.